The third-order valence-electron chi connectivity index (χ3n) is 4.15. The molecule has 3 aromatic carbocycles. The largest absolute Gasteiger partial charge is 0.436 e. The van der Waals surface area contributed by atoms with Crippen LogP contribution in [0, 0.1) is 0 Å². The Balaban J connectivity index is 1.66. The van der Waals surface area contributed by atoms with Crippen LogP contribution in [0.2, 0.25) is 10.0 Å². The lowest BCUT2D eigenvalue weighted by molar-refractivity contribution is 0.102. The van der Waals surface area contributed by atoms with E-state index >= 15 is 0 Å². The quantitative estimate of drug-likeness (QED) is 0.415. The summed E-state index contributed by atoms with van der Waals surface area (Å²) in [6, 6.07) is 21.7. The molecule has 4 rings (SSSR count). The summed E-state index contributed by atoms with van der Waals surface area (Å²) < 4.78 is 5.90. The van der Waals surface area contributed by atoms with Gasteiger partial charge in [-0.15, -0.1) is 0 Å². The van der Waals surface area contributed by atoms with E-state index in [4.69, 9.17) is 27.6 Å². The van der Waals surface area contributed by atoms with Gasteiger partial charge in [0.25, 0.3) is 5.91 Å². The van der Waals surface area contributed by atoms with E-state index in [9.17, 15) is 4.79 Å². The molecule has 0 atom stereocenters. The van der Waals surface area contributed by atoms with Crippen molar-refractivity contribution in [1.29, 1.82) is 0 Å². The minimum Gasteiger partial charge on any atom is -0.436 e. The molecule has 1 heterocycles. The molecule has 6 heteroatoms. The zero-order chi connectivity index (χ0) is 19.5. The number of hydrogen-bond donors (Lipinski definition) is 1. The fourth-order valence-corrected chi connectivity index (χ4v) is 3.24. The maximum absolute atomic E-state index is 12.8. The van der Waals surface area contributed by atoms with Crippen LogP contribution in [0.1, 0.15) is 10.4 Å². The molecule has 0 radical (unpaired) electrons. The van der Waals surface area contributed by atoms with Gasteiger partial charge in [-0.25, -0.2) is 4.98 Å². The number of aromatic nitrogens is 1. The summed E-state index contributed by atoms with van der Waals surface area (Å²) in [4.78, 5) is 17.2. The van der Waals surface area contributed by atoms with Crippen LogP contribution in [-0.2, 0) is 0 Å². The van der Waals surface area contributed by atoms with Crippen molar-refractivity contribution >= 4 is 34.8 Å². The molecular formula is C22H14Cl2N2O2. The molecule has 0 aliphatic carbocycles. The van der Waals surface area contributed by atoms with Crippen LogP contribution in [0.25, 0.3) is 22.8 Å². The highest BCUT2D eigenvalue weighted by Gasteiger charge is 2.18. The van der Waals surface area contributed by atoms with Gasteiger partial charge in [0.1, 0.15) is 0 Å². The Morgan fingerprint density at radius 3 is 2.46 bits per heavy atom. The molecular weight excluding hydrogens is 395 g/mol. The number of benzene rings is 3. The summed E-state index contributed by atoms with van der Waals surface area (Å²) in [6.45, 7) is 0. The van der Waals surface area contributed by atoms with Crippen molar-refractivity contribution in [2.24, 2.45) is 0 Å². The molecule has 28 heavy (non-hydrogen) atoms. The number of amides is 1. The lowest BCUT2D eigenvalue weighted by atomic mass is 10.1. The van der Waals surface area contributed by atoms with Gasteiger partial charge < -0.3 is 9.73 Å². The van der Waals surface area contributed by atoms with E-state index in [0.717, 1.165) is 5.56 Å². The topological polar surface area (TPSA) is 55.1 Å². The molecule has 1 amide bonds. The van der Waals surface area contributed by atoms with Gasteiger partial charge in [-0.1, -0.05) is 65.7 Å². The van der Waals surface area contributed by atoms with Gasteiger partial charge in [0.15, 0.2) is 5.76 Å². The van der Waals surface area contributed by atoms with E-state index in [1.807, 2.05) is 36.4 Å². The lowest BCUT2D eigenvalue weighted by Crippen LogP contribution is -2.13. The van der Waals surface area contributed by atoms with Crippen LogP contribution in [0.15, 0.2) is 83.4 Å². The Morgan fingerprint density at radius 2 is 1.68 bits per heavy atom. The van der Waals surface area contributed by atoms with Crippen LogP contribution in [0.3, 0.4) is 0 Å². The fraction of sp³-hybridized carbons (Fsp3) is 0. The first-order valence-electron chi connectivity index (χ1n) is 8.49. The molecule has 0 saturated carbocycles. The molecule has 4 nitrogen and oxygen atoms in total. The third kappa shape index (κ3) is 3.79. The molecule has 0 saturated heterocycles. The van der Waals surface area contributed by atoms with Crippen molar-refractivity contribution < 1.29 is 9.21 Å². The van der Waals surface area contributed by atoms with E-state index in [-0.39, 0.29) is 5.91 Å². The molecule has 0 bridgehead atoms. The fourth-order valence-electron chi connectivity index (χ4n) is 2.78. The number of oxazole rings is 1. The molecule has 4 aromatic rings. The maximum atomic E-state index is 12.8. The highest BCUT2D eigenvalue weighted by atomic mass is 35.5. The molecule has 0 aliphatic heterocycles. The van der Waals surface area contributed by atoms with E-state index in [1.165, 1.54) is 0 Å². The number of anilines is 1. The van der Waals surface area contributed by atoms with Crippen molar-refractivity contribution in [3.05, 3.63) is 94.6 Å². The first-order valence-corrected chi connectivity index (χ1v) is 9.24. The first-order chi connectivity index (χ1) is 13.6. The Kier molecular flexibility index (Phi) is 5.15. The summed E-state index contributed by atoms with van der Waals surface area (Å²) >= 11 is 12.1. The van der Waals surface area contributed by atoms with Crippen molar-refractivity contribution in [2.45, 2.75) is 0 Å². The second-order valence-corrected chi connectivity index (χ2v) is 6.86. The summed E-state index contributed by atoms with van der Waals surface area (Å²) in [5.74, 6) is 0.678. The smallest absolute Gasteiger partial charge is 0.256 e. The molecule has 138 valence electrons. The minimum absolute atomic E-state index is 0.320. The van der Waals surface area contributed by atoms with Gasteiger partial charge in [-0.3, -0.25) is 4.79 Å². The van der Waals surface area contributed by atoms with Gasteiger partial charge in [0.2, 0.25) is 5.89 Å². The zero-order valence-electron chi connectivity index (χ0n) is 14.5. The number of halogens is 2. The van der Waals surface area contributed by atoms with Crippen molar-refractivity contribution in [1.82, 2.24) is 4.98 Å². The second-order valence-electron chi connectivity index (χ2n) is 6.02. The molecule has 0 unspecified atom stereocenters. The number of carbonyl (C=O) groups is 1. The summed E-state index contributed by atoms with van der Waals surface area (Å²) in [5.41, 5.74) is 2.40. The summed E-state index contributed by atoms with van der Waals surface area (Å²) in [6.07, 6.45) is 1.65. The Bertz CT molecular complexity index is 1140. The predicted molar refractivity (Wildman–Crippen MR) is 112 cm³/mol. The molecule has 1 N–H and O–H groups in total. The van der Waals surface area contributed by atoms with Crippen LogP contribution < -0.4 is 5.32 Å². The third-order valence-corrected chi connectivity index (χ3v) is 4.69. The van der Waals surface area contributed by atoms with Gasteiger partial charge in [-0.2, -0.15) is 0 Å². The van der Waals surface area contributed by atoms with Crippen molar-refractivity contribution in [3.63, 3.8) is 0 Å². The summed E-state index contributed by atoms with van der Waals surface area (Å²) in [5, 5.41) is 3.66. The van der Waals surface area contributed by atoms with Gasteiger partial charge >= 0.3 is 0 Å². The number of carbonyl (C=O) groups excluding carboxylic acids is 1. The number of nitrogens with one attached hydrogen (secondary N) is 1. The highest BCUT2D eigenvalue weighted by molar-refractivity contribution is 6.36. The van der Waals surface area contributed by atoms with Crippen LogP contribution in [0.5, 0.6) is 0 Å². The Morgan fingerprint density at radius 1 is 0.929 bits per heavy atom. The lowest BCUT2D eigenvalue weighted by Gasteiger charge is -2.10. The average Bonchev–Trinajstić information content (AvgIpc) is 3.21. The average molecular weight is 409 g/mol. The number of rotatable bonds is 4. The molecule has 0 aliphatic rings. The SMILES string of the molecule is O=C(Nc1ccc(Cl)cc1Cl)c1ccccc1-c1ncc(-c2ccccc2)o1. The van der Waals surface area contributed by atoms with Gasteiger partial charge in [0.05, 0.1) is 22.5 Å². The van der Waals surface area contributed by atoms with Crippen molar-refractivity contribution in [3.8, 4) is 22.8 Å². The standard InChI is InChI=1S/C22H14Cl2N2O2/c23-15-10-11-19(18(24)12-15)26-21(27)16-8-4-5-9-17(16)22-25-13-20(28-22)14-6-2-1-3-7-14/h1-13H,(H,26,27). The Labute approximate surface area is 171 Å². The van der Waals surface area contributed by atoms with E-state index < -0.39 is 0 Å². The number of nitrogens with zero attached hydrogens (tertiary/aromatic N) is 1. The summed E-state index contributed by atoms with van der Waals surface area (Å²) in [7, 11) is 0. The normalized spacial score (nSPS) is 10.6. The Hall–Kier alpha value is -3.08. The van der Waals surface area contributed by atoms with Crippen LogP contribution in [-0.4, -0.2) is 10.9 Å². The predicted octanol–water partition coefficient (Wildman–Crippen LogP) is 6.57. The monoisotopic (exact) mass is 408 g/mol. The van der Waals surface area contributed by atoms with Gasteiger partial charge in [0, 0.05) is 16.1 Å². The van der Waals surface area contributed by atoms with Crippen molar-refractivity contribution in [2.75, 3.05) is 5.32 Å². The highest BCUT2D eigenvalue weighted by Crippen LogP contribution is 2.30. The minimum atomic E-state index is -0.320. The molecule has 1 aromatic heterocycles. The van der Waals surface area contributed by atoms with Crippen LogP contribution >= 0.6 is 23.2 Å². The first kappa shape index (κ1) is 18.3. The molecule has 0 spiro atoms. The number of hydrogen-bond acceptors (Lipinski definition) is 3. The molecule has 0 fully saturated rings. The maximum Gasteiger partial charge on any atom is 0.256 e. The van der Waals surface area contributed by atoms with E-state index in [0.29, 0.717) is 38.5 Å². The van der Waals surface area contributed by atoms with Crippen LogP contribution in [0.4, 0.5) is 5.69 Å². The van der Waals surface area contributed by atoms with E-state index in [2.05, 4.69) is 10.3 Å². The zero-order valence-corrected chi connectivity index (χ0v) is 16.0. The second kappa shape index (κ2) is 7.89. The van der Waals surface area contributed by atoms with Gasteiger partial charge in [-0.05, 0) is 30.3 Å². The van der Waals surface area contributed by atoms with E-state index in [1.54, 1.807) is 42.6 Å².